The Morgan fingerprint density at radius 1 is 0.312 bits per heavy atom. The van der Waals surface area contributed by atoms with Crippen LogP contribution in [-0.2, 0) is 0 Å². The largest absolute Gasteiger partial charge is 0.457 e. The fourth-order valence-corrected chi connectivity index (χ4v) is 3.67. The molecular weight excluding hydrogens is 392 g/mol. The second kappa shape index (κ2) is 9.23. The normalized spacial score (nSPS) is 10.5. The predicted molar refractivity (Wildman–Crippen MR) is 130 cm³/mol. The number of benzene rings is 5. The molecule has 0 saturated carbocycles. The molecule has 2 heteroatoms. The van der Waals surface area contributed by atoms with E-state index in [9.17, 15) is 0 Å². The lowest BCUT2D eigenvalue weighted by Crippen LogP contribution is -1.90. The van der Waals surface area contributed by atoms with Gasteiger partial charge in [0.25, 0.3) is 0 Å². The molecular formula is C30H22O2. The summed E-state index contributed by atoms with van der Waals surface area (Å²) in [4.78, 5) is 0. The first-order valence-corrected chi connectivity index (χ1v) is 10.6. The van der Waals surface area contributed by atoms with Gasteiger partial charge in [0.1, 0.15) is 23.0 Å². The third kappa shape index (κ3) is 4.55. The standard InChI is InChI=1S/C30H22O2/c1-4-11-23(12-5-1)29-20-19-28(32-26-16-8-3-9-17-26)22-30(29)24-13-10-18-27(21-24)31-25-14-6-2-7-15-25/h1-22H. The molecule has 0 atom stereocenters. The van der Waals surface area contributed by atoms with Crippen molar-refractivity contribution in [2.24, 2.45) is 0 Å². The van der Waals surface area contributed by atoms with Crippen molar-refractivity contribution >= 4 is 0 Å². The third-order valence-corrected chi connectivity index (χ3v) is 5.18. The Morgan fingerprint density at radius 3 is 1.44 bits per heavy atom. The van der Waals surface area contributed by atoms with E-state index in [1.165, 1.54) is 0 Å². The van der Waals surface area contributed by atoms with Gasteiger partial charge in [0, 0.05) is 0 Å². The Kier molecular flexibility index (Phi) is 5.67. The molecule has 154 valence electrons. The Morgan fingerprint density at radius 2 is 0.812 bits per heavy atom. The highest BCUT2D eigenvalue weighted by atomic mass is 16.5. The molecule has 0 bridgehead atoms. The number of hydrogen-bond acceptors (Lipinski definition) is 2. The van der Waals surface area contributed by atoms with Crippen molar-refractivity contribution in [1.29, 1.82) is 0 Å². The zero-order valence-electron chi connectivity index (χ0n) is 17.5. The van der Waals surface area contributed by atoms with Crippen LogP contribution in [0.2, 0.25) is 0 Å². The van der Waals surface area contributed by atoms with Gasteiger partial charge in [0.15, 0.2) is 0 Å². The van der Waals surface area contributed by atoms with Crippen LogP contribution in [0.25, 0.3) is 22.3 Å². The summed E-state index contributed by atoms with van der Waals surface area (Å²) < 4.78 is 12.2. The highest BCUT2D eigenvalue weighted by Gasteiger charge is 2.11. The lowest BCUT2D eigenvalue weighted by molar-refractivity contribution is 0.482. The summed E-state index contributed by atoms with van der Waals surface area (Å²) in [5, 5.41) is 0. The van der Waals surface area contributed by atoms with E-state index in [0.29, 0.717) is 0 Å². The van der Waals surface area contributed by atoms with Crippen molar-refractivity contribution in [1.82, 2.24) is 0 Å². The first-order valence-electron chi connectivity index (χ1n) is 10.6. The smallest absolute Gasteiger partial charge is 0.128 e. The van der Waals surface area contributed by atoms with E-state index in [1.54, 1.807) is 0 Å². The quantitative estimate of drug-likeness (QED) is 0.277. The molecule has 0 amide bonds. The summed E-state index contributed by atoms with van der Waals surface area (Å²) in [6.45, 7) is 0. The fourth-order valence-electron chi connectivity index (χ4n) is 3.67. The molecule has 0 aliphatic carbocycles. The molecule has 5 rings (SSSR count). The van der Waals surface area contributed by atoms with Gasteiger partial charge in [0.05, 0.1) is 0 Å². The predicted octanol–water partition coefficient (Wildman–Crippen LogP) is 8.61. The summed E-state index contributed by atoms with van der Waals surface area (Å²) in [5.41, 5.74) is 4.45. The van der Waals surface area contributed by atoms with Gasteiger partial charge in [0.2, 0.25) is 0 Å². The Bertz CT molecular complexity index is 1300. The number of para-hydroxylation sites is 2. The van der Waals surface area contributed by atoms with E-state index in [1.807, 2.05) is 84.9 Å². The second-order valence-corrected chi connectivity index (χ2v) is 7.43. The maximum Gasteiger partial charge on any atom is 0.128 e. The molecule has 0 aliphatic rings. The third-order valence-electron chi connectivity index (χ3n) is 5.18. The van der Waals surface area contributed by atoms with Crippen molar-refractivity contribution in [3.8, 4) is 45.3 Å². The Balaban J connectivity index is 1.56. The molecule has 0 fully saturated rings. The molecule has 32 heavy (non-hydrogen) atoms. The van der Waals surface area contributed by atoms with Crippen molar-refractivity contribution in [2.75, 3.05) is 0 Å². The minimum absolute atomic E-state index is 0.792. The van der Waals surface area contributed by atoms with Gasteiger partial charge in [-0.05, 0) is 70.8 Å². The average Bonchev–Trinajstić information content (AvgIpc) is 2.86. The van der Waals surface area contributed by atoms with Gasteiger partial charge in [-0.15, -0.1) is 0 Å². The van der Waals surface area contributed by atoms with Crippen LogP contribution in [0.1, 0.15) is 0 Å². The molecule has 5 aromatic rings. The van der Waals surface area contributed by atoms with Crippen LogP contribution in [0.4, 0.5) is 0 Å². The minimum Gasteiger partial charge on any atom is -0.457 e. The van der Waals surface area contributed by atoms with Gasteiger partial charge in [-0.2, -0.15) is 0 Å². The van der Waals surface area contributed by atoms with Gasteiger partial charge in [-0.1, -0.05) is 84.9 Å². The lowest BCUT2D eigenvalue weighted by atomic mass is 9.94. The minimum atomic E-state index is 0.792. The molecule has 0 unspecified atom stereocenters. The lowest BCUT2D eigenvalue weighted by Gasteiger charge is -2.14. The highest BCUT2D eigenvalue weighted by molar-refractivity contribution is 5.85. The highest BCUT2D eigenvalue weighted by Crippen LogP contribution is 2.38. The monoisotopic (exact) mass is 414 g/mol. The molecule has 0 heterocycles. The van der Waals surface area contributed by atoms with E-state index in [-0.39, 0.29) is 0 Å². The average molecular weight is 415 g/mol. The van der Waals surface area contributed by atoms with Crippen LogP contribution in [0.15, 0.2) is 133 Å². The van der Waals surface area contributed by atoms with Crippen molar-refractivity contribution in [3.05, 3.63) is 133 Å². The van der Waals surface area contributed by atoms with Crippen LogP contribution in [0, 0.1) is 0 Å². The van der Waals surface area contributed by atoms with Crippen molar-refractivity contribution in [2.45, 2.75) is 0 Å². The number of rotatable bonds is 6. The molecule has 0 saturated heterocycles. The Hall–Kier alpha value is -4.30. The van der Waals surface area contributed by atoms with Crippen LogP contribution < -0.4 is 9.47 Å². The van der Waals surface area contributed by atoms with Crippen molar-refractivity contribution in [3.63, 3.8) is 0 Å². The van der Waals surface area contributed by atoms with Gasteiger partial charge >= 0.3 is 0 Å². The summed E-state index contributed by atoms with van der Waals surface area (Å²) in [6.07, 6.45) is 0. The maximum atomic E-state index is 6.13. The Labute approximate surface area is 188 Å². The second-order valence-electron chi connectivity index (χ2n) is 7.43. The van der Waals surface area contributed by atoms with Crippen LogP contribution in [0.5, 0.6) is 23.0 Å². The van der Waals surface area contributed by atoms with E-state index in [2.05, 4.69) is 48.5 Å². The van der Waals surface area contributed by atoms with Crippen LogP contribution >= 0.6 is 0 Å². The molecule has 0 N–H and O–H groups in total. The van der Waals surface area contributed by atoms with Crippen LogP contribution in [-0.4, -0.2) is 0 Å². The van der Waals surface area contributed by atoms with Crippen LogP contribution in [0.3, 0.4) is 0 Å². The first kappa shape index (κ1) is 19.7. The van der Waals surface area contributed by atoms with Gasteiger partial charge < -0.3 is 9.47 Å². The molecule has 0 spiro atoms. The zero-order chi connectivity index (χ0) is 21.6. The van der Waals surface area contributed by atoms with Gasteiger partial charge in [-0.3, -0.25) is 0 Å². The van der Waals surface area contributed by atoms with E-state index in [0.717, 1.165) is 45.3 Å². The molecule has 0 aliphatic heterocycles. The molecule has 2 nitrogen and oxygen atoms in total. The fraction of sp³-hybridized carbons (Fsp3) is 0. The first-order chi connectivity index (χ1) is 15.8. The number of ether oxygens (including phenoxy) is 2. The van der Waals surface area contributed by atoms with Crippen molar-refractivity contribution < 1.29 is 9.47 Å². The summed E-state index contributed by atoms with van der Waals surface area (Å²) in [5.74, 6) is 3.21. The molecule has 0 aromatic heterocycles. The number of hydrogen-bond donors (Lipinski definition) is 0. The van der Waals surface area contributed by atoms with E-state index in [4.69, 9.17) is 9.47 Å². The topological polar surface area (TPSA) is 18.5 Å². The molecule has 0 radical (unpaired) electrons. The maximum absolute atomic E-state index is 6.13. The summed E-state index contributed by atoms with van der Waals surface area (Å²) in [6, 6.07) is 44.5. The zero-order valence-corrected chi connectivity index (χ0v) is 17.5. The SMILES string of the molecule is c1ccc(Oc2cccc(-c3cc(Oc4ccccc4)ccc3-c3ccccc3)c2)cc1. The summed E-state index contributed by atoms with van der Waals surface area (Å²) >= 11 is 0. The van der Waals surface area contributed by atoms with E-state index >= 15 is 0 Å². The van der Waals surface area contributed by atoms with Gasteiger partial charge in [-0.25, -0.2) is 0 Å². The van der Waals surface area contributed by atoms with E-state index < -0.39 is 0 Å². The summed E-state index contributed by atoms with van der Waals surface area (Å²) in [7, 11) is 0. The molecule has 5 aromatic carbocycles.